The van der Waals surface area contributed by atoms with Gasteiger partial charge in [0.1, 0.15) is 0 Å². The molecular weight excluding hydrogens is 305 g/mol. The van der Waals surface area contributed by atoms with Crippen LogP contribution in [0.2, 0.25) is 5.02 Å². The van der Waals surface area contributed by atoms with Crippen LogP contribution in [0.4, 0.5) is 5.69 Å². The smallest absolute Gasteiger partial charge is 0.270 e. The van der Waals surface area contributed by atoms with Gasteiger partial charge >= 0.3 is 0 Å². The molecule has 1 aromatic carbocycles. The first kappa shape index (κ1) is 16.7. The molecular formula is C12H15Cl2N3O3. The number of nitro groups is 1. The lowest BCUT2D eigenvalue weighted by Gasteiger charge is -2.16. The zero-order chi connectivity index (χ0) is 14.0. The molecule has 3 N–H and O–H groups in total. The van der Waals surface area contributed by atoms with Gasteiger partial charge in [-0.25, -0.2) is 0 Å². The minimum absolute atomic E-state index is 0. The topological polar surface area (TPSA) is 98.3 Å². The van der Waals surface area contributed by atoms with Crippen molar-refractivity contribution in [3.8, 4) is 0 Å². The lowest BCUT2D eigenvalue weighted by Crippen LogP contribution is -2.41. The van der Waals surface area contributed by atoms with Gasteiger partial charge in [-0.1, -0.05) is 11.6 Å². The lowest BCUT2D eigenvalue weighted by molar-refractivity contribution is -0.384. The number of nitrogens with zero attached hydrogens (tertiary/aromatic N) is 1. The third kappa shape index (κ3) is 3.82. The first-order valence-corrected chi connectivity index (χ1v) is 6.35. The maximum absolute atomic E-state index is 12.0. The molecule has 8 heteroatoms. The van der Waals surface area contributed by atoms with E-state index in [0.29, 0.717) is 12.5 Å². The van der Waals surface area contributed by atoms with Crippen LogP contribution in [0, 0.1) is 16.0 Å². The molecule has 0 radical (unpaired) electrons. The molecule has 0 saturated heterocycles. The zero-order valence-electron chi connectivity index (χ0n) is 10.5. The Labute approximate surface area is 127 Å². The molecule has 110 valence electrons. The van der Waals surface area contributed by atoms with Crippen molar-refractivity contribution in [1.29, 1.82) is 0 Å². The molecule has 0 bridgehead atoms. The maximum atomic E-state index is 12.0. The Balaban J connectivity index is 0.00000200. The van der Waals surface area contributed by atoms with E-state index in [2.05, 4.69) is 5.32 Å². The summed E-state index contributed by atoms with van der Waals surface area (Å²) in [6.45, 7) is 0.376. The number of halogens is 2. The second kappa shape index (κ2) is 6.88. The molecule has 6 nitrogen and oxygen atoms in total. The number of non-ortho nitro benzene ring substituents is 1. The van der Waals surface area contributed by atoms with Crippen LogP contribution in [0.1, 0.15) is 23.2 Å². The van der Waals surface area contributed by atoms with Gasteiger partial charge in [-0.2, -0.15) is 0 Å². The lowest BCUT2D eigenvalue weighted by atomic mass is 10.1. The number of carbonyl (C=O) groups is 1. The molecule has 1 saturated carbocycles. The number of nitro benzene ring substituents is 1. The summed E-state index contributed by atoms with van der Waals surface area (Å²) < 4.78 is 0. The predicted octanol–water partition coefficient (Wildman–Crippen LogP) is 2.14. The van der Waals surface area contributed by atoms with E-state index in [-0.39, 0.29) is 40.6 Å². The van der Waals surface area contributed by atoms with Crippen LogP contribution in [0.15, 0.2) is 18.2 Å². The highest BCUT2D eigenvalue weighted by atomic mass is 35.5. The summed E-state index contributed by atoms with van der Waals surface area (Å²) in [5, 5.41) is 13.5. The molecule has 1 aromatic rings. The third-order valence-corrected chi connectivity index (χ3v) is 3.48. The van der Waals surface area contributed by atoms with E-state index in [0.717, 1.165) is 12.8 Å². The highest BCUT2D eigenvalue weighted by Crippen LogP contribution is 2.32. The summed E-state index contributed by atoms with van der Waals surface area (Å²) in [6.07, 6.45) is 2.13. The molecule has 1 aliphatic carbocycles. The molecule has 20 heavy (non-hydrogen) atoms. The number of benzene rings is 1. The van der Waals surface area contributed by atoms with Gasteiger partial charge in [0.25, 0.3) is 11.6 Å². The Hall–Kier alpha value is -1.37. The van der Waals surface area contributed by atoms with Crippen LogP contribution in [-0.4, -0.2) is 23.4 Å². The van der Waals surface area contributed by atoms with Gasteiger partial charge in [-0.05, 0) is 24.8 Å². The molecule has 1 aliphatic rings. The Kier molecular flexibility index (Phi) is 5.74. The second-order valence-electron chi connectivity index (χ2n) is 4.57. The van der Waals surface area contributed by atoms with Gasteiger partial charge in [0.05, 0.1) is 15.5 Å². The molecule has 1 atom stereocenters. The van der Waals surface area contributed by atoms with E-state index in [1.807, 2.05) is 0 Å². The van der Waals surface area contributed by atoms with E-state index in [9.17, 15) is 14.9 Å². The SMILES string of the molecule is Cl.NCC(NC(=O)c1ccc([N+](=O)[O-])cc1Cl)C1CC1. The molecule has 0 heterocycles. The second-order valence-corrected chi connectivity index (χ2v) is 4.98. The van der Waals surface area contributed by atoms with Crippen LogP contribution < -0.4 is 11.1 Å². The number of carbonyl (C=O) groups excluding carboxylic acids is 1. The molecule has 1 unspecified atom stereocenters. The zero-order valence-corrected chi connectivity index (χ0v) is 12.1. The number of nitrogens with two attached hydrogens (primary N) is 1. The summed E-state index contributed by atoms with van der Waals surface area (Å²) in [5.41, 5.74) is 5.69. The fourth-order valence-corrected chi connectivity index (χ4v) is 2.18. The number of hydrogen-bond acceptors (Lipinski definition) is 4. The van der Waals surface area contributed by atoms with Gasteiger partial charge in [0.2, 0.25) is 0 Å². The minimum Gasteiger partial charge on any atom is -0.348 e. The number of nitrogens with one attached hydrogen (secondary N) is 1. The van der Waals surface area contributed by atoms with Crippen LogP contribution in [-0.2, 0) is 0 Å². The standard InChI is InChI=1S/C12H14ClN3O3.ClH/c13-10-5-8(16(18)19)3-4-9(10)12(17)15-11(6-14)7-1-2-7;/h3-5,7,11H,1-2,6,14H2,(H,15,17);1H. The highest BCUT2D eigenvalue weighted by molar-refractivity contribution is 6.34. The number of rotatable bonds is 5. The quantitative estimate of drug-likeness (QED) is 0.641. The van der Waals surface area contributed by atoms with Crippen molar-refractivity contribution in [3.05, 3.63) is 38.9 Å². The first-order chi connectivity index (χ1) is 9.02. The van der Waals surface area contributed by atoms with Crippen molar-refractivity contribution < 1.29 is 9.72 Å². The Morgan fingerprint density at radius 3 is 2.65 bits per heavy atom. The predicted molar refractivity (Wildman–Crippen MR) is 78.4 cm³/mol. The fourth-order valence-electron chi connectivity index (χ4n) is 1.92. The number of hydrogen-bond donors (Lipinski definition) is 2. The maximum Gasteiger partial charge on any atom is 0.270 e. The number of amides is 1. The molecule has 0 spiro atoms. The average molecular weight is 320 g/mol. The van der Waals surface area contributed by atoms with Crippen molar-refractivity contribution in [3.63, 3.8) is 0 Å². The van der Waals surface area contributed by atoms with E-state index in [1.54, 1.807) is 0 Å². The molecule has 0 aliphatic heterocycles. The van der Waals surface area contributed by atoms with Crippen molar-refractivity contribution >= 4 is 35.6 Å². The van der Waals surface area contributed by atoms with E-state index >= 15 is 0 Å². The first-order valence-electron chi connectivity index (χ1n) is 5.97. The van der Waals surface area contributed by atoms with Gasteiger partial charge in [-0.15, -0.1) is 12.4 Å². The highest BCUT2D eigenvalue weighted by Gasteiger charge is 2.31. The van der Waals surface area contributed by atoms with Gasteiger partial charge in [0, 0.05) is 24.7 Å². The van der Waals surface area contributed by atoms with Gasteiger partial charge in [0.15, 0.2) is 0 Å². The van der Waals surface area contributed by atoms with Gasteiger partial charge in [-0.3, -0.25) is 14.9 Å². The minimum atomic E-state index is -0.555. The largest absolute Gasteiger partial charge is 0.348 e. The normalized spacial score (nSPS) is 15.1. The van der Waals surface area contributed by atoms with Crippen LogP contribution in [0.25, 0.3) is 0 Å². The van der Waals surface area contributed by atoms with Crippen LogP contribution in [0.5, 0.6) is 0 Å². The molecule has 1 fully saturated rings. The fraction of sp³-hybridized carbons (Fsp3) is 0.417. The third-order valence-electron chi connectivity index (χ3n) is 3.17. The van der Waals surface area contributed by atoms with E-state index in [4.69, 9.17) is 17.3 Å². The summed E-state index contributed by atoms with van der Waals surface area (Å²) in [7, 11) is 0. The molecule has 1 amide bonds. The summed E-state index contributed by atoms with van der Waals surface area (Å²) in [5.74, 6) is 0.0908. The Bertz CT molecular complexity index is 521. The van der Waals surface area contributed by atoms with Gasteiger partial charge < -0.3 is 11.1 Å². The summed E-state index contributed by atoms with van der Waals surface area (Å²) in [6, 6.07) is 3.73. The van der Waals surface area contributed by atoms with Crippen molar-refractivity contribution in [2.75, 3.05) is 6.54 Å². The average Bonchev–Trinajstić information content (AvgIpc) is 3.19. The van der Waals surface area contributed by atoms with Crippen molar-refractivity contribution in [2.24, 2.45) is 11.7 Å². The van der Waals surface area contributed by atoms with Crippen molar-refractivity contribution in [1.82, 2.24) is 5.32 Å². The Morgan fingerprint density at radius 1 is 1.55 bits per heavy atom. The van der Waals surface area contributed by atoms with Crippen LogP contribution >= 0.6 is 24.0 Å². The molecule has 0 aromatic heterocycles. The summed E-state index contributed by atoms with van der Waals surface area (Å²) in [4.78, 5) is 22.1. The summed E-state index contributed by atoms with van der Waals surface area (Å²) >= 11 is 5.89. The van der Waals surface area contributed by atoms with E-state index < -0.39 is 4.92 Å². The monoisotopic (exact) mass is 319 g/mol. The Morgan fingerprint density at radius 2 is 2.20 bits per heavy atom. The van der Waals surface area contributed by atoms with Crippen LogP contribution in [0.3, 0.4) is 0 Å². The van der Waals surface area contributed by atoms with Crippen molar-refractivity contribution in [2.45, 2.75) is 18.9 Å². The molecule has 2 rings (SSSR count). The van der Waals surface area contributed by atoms with E-state index in [1.165, 1.54) is 18.2 Å².